The van der Waals surface area contributed by atoms with E-state index in [1.165, 1.54) is 0 Å². The van der Waals surface area contributed by atoms with Gasteiger partial charge in [-0.3, -0.25) is 14.4 Å². The second-order valence-corrected chi connectivity index (χ2v) is 6.36. The minimum absolute atomic E-state index is 0.0151. The third-order valence-corrected chi connectivity index (χ3v) is 4.69. The summed E-state index contributed by atoms with van der Waals surface area (Å²) in [6.45, 7) is 5.04. The SMILES string of the molecule is C[C@H](c1nc2ccccc2c(=O)[nH]1)N1CCO[C@H](Cn2cccn2)C1. The topological polar surface area (TPSA) is 76.0 Å². The van der Waals surface area contributed by atoms with Crippen LogP contribution in [-0.4, -0.2) is 50.4 Å². The second-order valence-electron chi connectivity index (χ2n) is 6.36. The molecule has 3 heterocycles. The van der Waals surface area contributed by atoms with Crippen LogP contribution in [0.1, 0.15) is 18.8 Å². The van der Waals surface area contributed by atoms with Gasteiger partial charge in [-0.05, 0) is 25.1 Å². The van der Waals surface area contributed by atoms with Crippen molar-refractivity contribution in [2.24, 2.45) is 0 Å². The number of fused-ring (bicyclic) bond motifs is 1. The summed E-state index contributed by atoms with van der Waals surface area (Å²) in [5.74, 6) is 0.698. The molecular formula is C18H21N5O2. The average molecular weight is 339 g/mol. The van der Waals surface area contributed by atoms with E-state index in [1.54, 1.807) is 12.3 Å². The largest absolute Gasteiger partial charge is 0.374 e. The van der Waals surface area contributed by atoms with Crippen molar-refractivity contribution in [3.63, 3.8) is 0 Å². The van der Waals surface area contributed by atoms with E-state index >= 15 is 0 Å². The predicted molar refractivity (Wildman–Crippen MR) is 94.3 cm³/mol. The maximum atomic E-state index is 12.3. The molecule has 1 fully saturated rings. The predicted octanol–water partition coefficient (Wildman–Crippen LogP) is 1.58. The van der Waals surface area contributed by atoms with Crippen LogP contribution in [0.3, 0.4) is 0 Å². The minimum atomic E-state index is -0.0891. The lowest BCUT2D eigenvalue weighted by molar-refractivity contribution is -0.0506. The Morgan fingerprint density at radius 3 is 3.08 bits per heavy atom. The molecule has 0 bridgehead atoms. The molecule has 130 valence electrons. The number of benzene rings is 1. The summed E-state index contributed by atoms with van der Waals surface area (Å²) in [5, 5.41) is 4.86. The minimum Gasteiger partial charge on any atom is -0.374 e. The molecule has 1 aromatic carbocycles. The third-order valence-electron chi connectivity index (χ3n) is 4.69. The maximum Gasteiger partial charge on any atom is 0.258 e. The van der Waals surface area contributed by atoms with Crippen molar-refractivity contribution < 1.29 is 4.74 Å². The average Bonchev–Trinajstić information content (AvgIpc) is 3.14. The number of aromatic amines is 1. The highest BCUT2D eigenvalue weighted by Crippen LogP contribution is 2.21. The summed E-state index contributed by atoms with van der Waals surface area (Å²) in [7, 11) is 0. The van der Waals surface area contributed by atoms with Crippen LogP contribution in [0.15, 0.2) is 47.5 Å². The van der Waals surface area contributed by atoms with Gasteiger partial charge in [-0.1, -0.05) is 12.1 Å². The van der Waals surface area contributed by atoms with Crippen LogP contribution >= 0.6 is 0 Å². The van der Waals surface area contributed by atoms with Gasteiger partial charge in [0.2, 0.25) is 0 Å². The molecule has 0 unspecified atom stereocenters. The highest BCUT2D eigenvalue weighted by molar-refractivity contribution is 5.77. The van der Waals surface area contributed by atoms with Crippen LogP contribution in [0, 0.1) is 0 Å². The monoisotopic (exact) mass is 339 g/mol. The molecule has 1 aliphatic rings. The van der Waals surface area contributed by atoms with Crippen LogP contribution < -0.4 is 5.56 Å². The molecule has 0 aliphatic carbocycles. The van der Waals surface area contributed by atoms with Gasteiger partial charge in [-0.15, -0.1) is 0 Å². The Balaban J connectivity index is 1.53. The highest BCUT2D eigenvalue weighted by atomic mass is 16.5. The van der Waals surface area contributed by atoms with Crippen molar-refractivity contribution in [3.05, 3.63) is 58.9 Å². The molecular weight excluding hydrogens is 318 g/mol. The van der Waals surface area contributed by atoms with Gasteiger partial charge in [0.15, 0.2) is 0 Å². The zero-order valence-electron chi connectivity index (χ0n) is 14.1. The second kappa shape index (κ2) is 6.78. The summed E-state index contributed by atoms with van der Waals surface area (Å²) in [4.78, 5) is 22.2. The normalized spacial score (nSPS) is 20.0. The molecule has 1 aliphatic heterocycles. The lowest BCUT2D eigenvalue weighted by Gasteiger charge is -2.36. The molecule has 3 aromatic rings. The quantitative estimate of drug-likeness (QED) is 0.781. The highest BCUT2D eigenvalue weighted by Gasteiger charge is 2.26. The molecule has 7 heteroatoms. The fraction of sp³-hybridized carbons (Fsp3) is 0.389. The number of morpholine rings is 1. The maximum absolute atomic E-state index is 12.3. The summed E-state index contributed by atoms with van der Waals surface area (Å²) >= 11 is 0. The molecule has 1 saturated heterocycles. The molecule has 0 amide bonds. The third kappa shape index (κ3) is 3.33. The standard InChI is InChI=1S/C18H21N5O2/c1-13(17-20-16-6-3-2-5-15(16)18(24)21-17)22-9-10-25-14(11-22)12-23-8-4-7-19-23/h2-8,13-14H,9-12H2,1H3,(H,20,21,24)/t13-,14+/m1/s1. The number of nitrogens with one attached hydrogen (secondary N) is 1. The molecule has 0 spiro atoms. The van der Waals surface area contributed by atoms with E-state index in [0.29, 0.717) is 17.8 Å². The van der Waals surface area contributed by atoms with Crippen LogP contribution in [0.5, 0.6) is 0 Å². The van der Waals surface area contributed by atoms with E-state index < -0.39 is 0 Å². The lowest BCUT2D eigenvalue weighted by atomic mass is 10.2. The van der Waals surface area contributed by atoms with Crippen molar-refractivity contribution >= 4 is 10.9 Å². The van der Waals surface area contributed by atoms with E-state index in [4.69, 9.17) is 4.74 Å². The number of para-hydroxylation sites is 1. The summed E-state index contributed by atoms with van der Waals surface area (Å²) in [6.07, 6.45) is 3.78. The smallest absolute Gasteiger partial charge is 0.258 e. The Hall–Kier alpha value is -2.51. The molecule has 2 aromatic heterocycles. The molecule has 4 rings (SSSR count). The Bertz CT molecular complexity index is 905. The fourth-order valence-corrected chi connectivity index (χ4v) is 3.30. The van der Waals surface area contributed by atoms with Crippen molar-refractivity contribution in [1.82, 2.24) is 24.6 Å². The van der Waals surface area contributed by atoms with Gasteiger partial charge in [0, 0.05) is 25.5 Å². The molecule has 7 nitrogen and oxygen atoms in total. The van der Waals surface area contributed by atoms with E-state index in [-0.39, 0.29) is 17.7 Å². The van der Waals surface area contributed by atoms with Gasteiger partial charge < -0.3 is 9.72 Å². The first-order chi connectivity index (χ1) is 12.2. The summed E-state index contributed by atoms with van der Waals surface area (Å²) in [6, 6.07) is 9.35. The van der Waals surface area contributed by atoms with E-state index in [9.17, 15) is 4.79 Å². The van der Waals surface area contributed by atoms with Gasteiger partial charge in [0.05, 0.1) is 36.2 Å². The lowest BCUT2D eigenvalue weighted by Crippen LogP contribution is -2.45. The Labute approximate surface area is 145 Å². The Kier molecular flexibility index (Phi) is 4.33. The fourth-order valence-electron chi connectivity index (χ4n) is 3.30. The molecule has 25 heavy (non-hydrogen) atoms. The van der Waals surface area contributed by atoms with Crippen molar-refractivity contribution in [1.29, 1.82) is 0 Å². The first kappa shape index (κ1) is 16.0. The van der Waals surface area contributed by atoms with Gasteiger partial charge in [-0.25, -0.2) is 4.98 Å². The van der Waals surface area contributed by atoms with Gasteiger partial charge in [0.25, 0.3) is 5.56 Å². The molecule has 0 radical (unpaired) electrons. The summed E-state index contributed by atoms with van der Waals surface area (Å²) < 4.78 is 7.75. The number of rotatable bonds is 4. The number of ether oxygens (including phenoxy) is 1. The molecule has 2 atom stereocenters. The van der Waals surface area contributed by atoms with Crippen LogP contribution in [-0.2, 0) is 11.3 Å². The zero-order valence-corrected chi connectivity index (χ0v) is 14.1. The van der Waals surface area contributed by atoms with E-state index in [2.05, 4.69) is 26.9 Å². The van der Waals surface area contributed by atoms with Crippen LogP contribution in [0.2, 0.25) is 0 Å². The summed E-state index contributed by atoms with van der Waals surface area (Å²) in [5.41, 5.74) is 0.642. The van der Waals surface area contributed by atoms with Crippen molar-refractivity contribution in [2.45, 2.75) is 25.6 Å². The van der Waals surface area contributed by atoms with Crippen molar-refractivity contribution in [2.75, 3.05) is 19.7 Å². The number of H-pyrrole nitrogens is 1. The Morgan fingerprint density at radius 1 is 1.36 bits per heavy atom. The molecule has 1 N–H and O–H groups in total. The number of nitrogens with zero attached hydrogens (tertiary/aromatic N) is 4. The van der Waals surface area contributed by atoms with Gasteiger partial charge >= 0.3 is 0 Å². The van der Waals surface area contributed by atoms with Crippen molar-refractivity contribution in [3.8, 4) is 0 Å². The van der Waals surface area contributed by atoms with Crippen LogP contribution in [0.4, 0.5) is 0 Å². The number of hydrogen-bond donors (Lipinski definition) is 1. The van der Waals surface area contributed by atoms with Crippen LogP contribution in [0.25, 0.3) is 10.9 Å². The van der Waals surface area contributed by atoms with E-state index in [1.807, 2.05) is 35.1 Å². The first-order valence-electron chi connectivity index (χ1n) is 8.53. The molecule has 0 saturated carbocycles. The van der Waals surface area contributed by atoms with E-state index in [0.717, 1.165) is 25.2 Å². The Morgan fingerprint density at radius 2 is 2.24 bits per heavy atom. The van der Waals surface area contributed by atoms with Gasteiger partial charge in [-0.2, -0.15) is 5.10 Å². The zero-order chi connectivity index (χ0) is 17.2. The number of aromatic nitrogens is 4. The number of hydrogen-bond acceptors (Lipinski definition) is 5. The first-order valence-corrected chi connectivity index (χ1v) is 8.53. The van der Waals surface area contributed by atoms with Gasteiger partial charge in [0.1, 0.15) is 5.82 Å².